The molecule has 2 rings (SSSR count). The molecule has 0 unspecified atom stereocenters. The molecular formula is C16H19ClN2O2. The Balaban J connectivity index is 2.04. The summed E-state index contributed by atoms with van der Waals surface area (Å²) in [5, 5.41) is 3.94. The highest BCUT2D eigenvalue weighted by Crippen LogP contribution is 2.24. The molecule has 0 aliphatic carbocycles. The van der Waals surface area contributed by atoms with Gasteiger partial charge in [-0.2, -0.15) is 0 Å². The second kappa shape index (κ2) is 7.35. The Hall–Kier alpha value is -1.70. The van der Waals surface area contributed by atoms with Crippen molar-refractivity contribution in [1.82, 2.24) is 4.90 Å². The molecular weight excluding hydrogens is 288 g/mol. The van der Waals surface area contributed by atoms with Gasteiger partial charge in [-0.15, -0.1) is 6.42 Å². The van der Waals surface area contributed by atoms with Crippen LogP contribution in [0.25, 0.3) is 0 Å². The van der Waals surface area contributed by atoms with Crippen LogP contribution < -0.4 is 5.32 Å². The van der Waals surface area contributed by atoms with Crippen molar-refractivity contribution < 1.29 is 9.53 Å². The number of anilines is 1. The maximum absolute atomic E-state index is 11.8. The number of nitrogens with zero attached hydrogens (tertiary/aromatic N) is 1. The highest BCUT2D eigenvalue weighted by atomic mass is 35.5. The molecule has 21 heavy (non-hydrogen) atoms. The van der Waals surface area contributed by atoms with E-state index in [9.17, 15) is 4.79 Å². The van der Waals surface area contributed by atoms with Gasteiger partial charge in [0.2, 0.25) is 0 Å². The lowest BCUT2D eigenvalue weighted by Gasteiger charge is -2.32. The van der Waals surface area contributed by atoms with Crippen LogP contribution >= 0.6 is 11.6 Å². The summed E-state index contributed by atoms with van der Waals surface area (Å²) in [6.45, 7) is 2.62. The van der Waals surface area contributed by atoms with Gasteiger partial charge in [0.15, 0.2) is 0 Å². The number of esters is 1. The van der Waals surface area contributed by atoms with Crippen LogP contribution in [0.1, 0.15) is 23.2 Å². The fourth-order valence-electron chi connectivity index (χ4n) is 2.51. The topological polar surface area (TPSA) is 41.6 Å². The second-order valence-electron chi connectivity index (χ2n) is 5.08. The minimum atomic E-state index is -0.384. The van der Waals surface area contributed by atoms with Crippen molar-refractivity contribution in [2.75, 3.05) is 32.1 Å². The Kier molecular flexibility index (Phi) is 5.49. The summed E-state index contributed by atoms with van der Waals surface area (Å²) in [7, 11) is 1.37. The van der Waals surface area contributed by atoms with E-state index in [0.717, 1.165) is 31.6 Å². The number of likely N-dealkylation sites (tertiary alicyclic amines) is 1. The van der Waals surface area contributed by atoms with Gasteiger partial charge in [-0.05, 0) is 31.0 Å². The van der Waals surface area contributed by atoms with Gasteiger partial charge in [0.1, 0.15) is 0 Å². The number of nitrogens with one attached hydrogen (secondary N) is 1. The van der Waals surface area contributed by atoms with Crippen LogP contribution in [0.2, 0.25) is 5.02 Å². The number of hydrogen-bond donors (Lipinski definition) is 1. The molecule has 1 aliphatic heterocycles. The van der Waals surface area contributed by atoms with Crippen LogP contribution in [-0.2, 0) is 4.74 Å². The highest BCUT2D eigenvalue weighted by molar-refractivity contribution is 6.31. The van der Waals surface area contributed by atoms with Crippen LogP contribution in [0.15, 0.2) is 18.2 Å². The van der Waals surface area contributed by atoms with E-state index in [4.69, 9.17) is 22.8 Å². The molecule has 4 nitrogen and oxygen atoms in total. The minimum absolute atomic E-state index is 0.323. The van der Waals surface area contributed by atoms with Crippen molar-refractivity contribution in [3.63, 3.8) is 0 Å². The SMILES string of the molecule is C#CCN1CCC(Nc2ccc(Cl)cc2C(=O)OC)CC1. The maximum Gasteiger partial charge on any atom is 0.340 e. The summed E-state index contributed by atoms with van der Waals surface area (Å²) in [5.74, 6) is 2.29. The number of benzene rings is 1. The Bertz CT molecular complexity index is 546. The van der Waals surface area contributed by atoms with E-state index in [2.05, 4.69) is 16.1 Å². The summed E-state index contributed by atoms with van der Waals surface area (Å²) in [6, 6.07) is 5.54. The van der Waals surface area contributed by atoms with E-state index < -0.39 is 0 Å². The highest BCUT2D eigenvalue weighted by Gasteiger charge is 2.20. The fourth-order valence-corrected chi connectivity index (χ4v) is 2.68. The summed E-state index contributed by atoms with van der Waals surface area (Å²) in [6.07, 6.45) is 7.31. The van der Waals surface area contributed by atoms with Crippen LogP contribution in [0.3, 0.4) is 0 Å². The van der Waals surface area contributed by atoms with Gasteiger partial charge < -0.3 is 10.1 Å². The Morgan fingerprint density at radius 3 is 2.86 bits per heavy atom. The average molecular weight is 307 g/mol. The molecule has 1 fully saturated rings. The molecule has 0 radical (unpaired) electrons. The van der Waals surface area contributed by atoms with Gasteiger partial charge in [0.05, 0.1) is 19.2 Å². The van der Waals surface area contributed by atoms with E-state index in [1.165, 1.54) is 7.11 Å². The van der Waals surface area contributed by atoms with E-state index in [1.54, 1.807) is 12.1 Å². The van der Waals surface area contributed by atoms with E-state index >= 15 is 0 Å². The number of carbonyl (C=O) groups is 1. The quantitative estimate of drug-likeness (QED) is 0.686. The number of ether oxygens (including phenoxy) is 1. The predicted octanol–water partition coefficient (Wildman–Crippen LogP) is 2.64. The molecule has 5 heteroatoms. The van der Waals surface area contributed by atoms with Crippen molar-refractivity contribution >= 4 is 23.3 Å². The maximum atomic E-state index is 11.8. The molecule has 112 valence electrons. The Morgan fingerprint density at radius 1 is 1.52 bits per heavy atom. The fraction of sp³-hybridized carbons (Fsp3) is 0.438. The number of piperidine rings is 1. The van der Waals surface area contributed by atoms with Crippen LogP contribution in [-0.4, -0.2) is 43.7 Å². The summed E-state index contributed by atoms with van der Waals surface area (Å²) in [4.78, 5) is 14.1. The van der Waals surface area contributed by atoms with Gasteiger partial charge >= 0.3 is 5.97 Å². The van der Waals surface area contributed by atoms with Crippen LogP contribution in [0.4, 0.5) is 5.69 Å². The third kappa shape index (κ3) is 4.13. The largest absolute Gasteiger partial charge is 0.465 e. The summed E-state index contributed by atoms with van der Waals surface area (Å²) >= 11 is 5.95. The van der Waals surface area contributed by atoms with Crippen LogP contribution in [0.5, 0.6) is 0 Å². The van der Waals surface area contributed by atoms with Crippen molar-refractivity contribution in [2.24, 2.45) is 0 Å². The molecule has 0 spiro atoms. The number of halogens is 1. The zero-order valence-corrected chi connectivity index (χ0v) is 12.8. The number of hydrogen-bond acceptors (Lipinski definition) is 4. The zero-order valence-electron chi connectivity index (χ0n) is 12.1. The number of methoxy groups -OCH3 is 1. The number of rotatable bonds is 4. The molecule has 1 aromatic rings. The van der Waals surface area contributed by atoms with Gasteiger partial charge in [0.25, 0.3) is 0 Å². The molecule has 0 saturated carbocycles. The molecule has 0 amide bonds. The lowest BCUT2D eigenvalue weighted by molar-refractivity contribution is 0.0601. The standard InChI is InChI=1S/C16H19ClN2O2/c1-3-8-19-9-6-13(7-10-19)18-15-5-4-12(17)11-14(15)16(20)21-2/h1,4-5,11,13,18H,6-10H2,2H3. The molecule has 0 bridgehead atoms. The van der Waals surface area contributed by atoms with Crippen molar-refractivity contribution in [2.45, 2.75) is 18.9 Å². The third-order valence-electron chi connectivity index (χ3n) is 3.65. The zero-order chi connectivity index (χ0) is 15.2. The first kappa shape index (κ1) is 15.7. The molecule has 1 aromatic carbocycles. The molecule has 1 N–H and O–H groups in total. The van der Waals surface area contributed by atoms with Crippen LogP contribution in [0, 0.1) is 12.3 Å². The molecule has 1 saturated heterocycles. The summed E-state index contributed by atoms with van der Waals surface area (Å²) < 4.78 is 4.80. The van der Waals surface area contributed by atoms with E-state index in [0.29, 0.717) is 23.2 Å². The van der Waals surface area contributed by atoms with Gasteiger partial charge in [-0.1, -0.05) is 17.5 Å². The van der Waals surface area contributed by atoms with E-state index in [1.807, 2.05) is 6.07 Å². The first-order valence-corrected chi connectivity index (χ1v) is 7.32. The molecule has 0 atom stereocenters. The molecule has 1 heterocycles. The van der Waals surface area contributed by atoms with Crippen molar-refractivity contribution in [1.29, 1.82) is 0 Å². The third-order valence-corrected chi connectivity index (χ3v) is 3.88. The lowest BCUT2D eigenvalue weighted by Crippen LogP contribution is -2.39. The first-order valence-electron chi connectivity index (χ1n) is 6.94. The molecule has 0 aromatic heterocycles. The normalized spacial score (nSPS) is 16.2. The average Bonchev–Trinajstić information content (AvgIpc) is 2.50. The van der Waals surface area contributed by atoms with Crippen molar-refractivity contribution in [3.05, 3.63) is 28.8 Å². The Morgan fingerprint density at radius 2 is 2.24 bits per heavy atom. The van der Waals surface area contributed by atoms with Gasteiger partial charge in [-0.3, -0.25) is 4.90 Å². The molecule has 1 aliphatic rings. The second-order valence-corrected chi connectivity index (χ2v) is 5.52. The van der Waals surface area contributed by atoms with Gasteiger partial charge in [-0.25, -0.2) is 4.79 Å². The number of terminal acetylenes is 1. The Labute approximate surface area is 130 Å². The predicted molar refractivity (Wildman–Crippen MR) is 84.7 cm³/mol. The number of carbonyl (C=O) groups excluding carboxylic acids is 1. The van der Waals surface area contributed by atoms with Crippen molar-refractivity contribution in [3.8, 4) is 12.3 Å². The summed E-state index contributed by atoms with van der Waals surface area (Å²) in [5.41, 5.74) is 1.23. The lowest BCUT2D eigenvalue weighted by atomic mass is 10.0. The van der Waals surface area contributed by atoms with Gasteiger partial charge in [0, 0.05) is 29.8 Å². The first-order chi connectivity index (χ1) is 10.1. The smallest absolute Gasteiger partial charge is 0.340 e. The monoisotopic (exact) mass is 306 g/mol. The minimum Gasteiger partial charge on any atom is -0.465 e. The van der Waals surface area contributed by atoms with E-state index in [-0.39, 0.29) is 5.97 Å².